The van der Waals surface area contributed by atoms with E-state index in [4.69, 9.17) is 0 Å². The number of amides is 2. The predicted octanol–water partition coefficient (Wildman–Crippen LogP) is 3.24. The lowest BCUT2D eigenvalue weighted by atomic mass is 10.2. The van der Waals surface area contributed by atoms with Crippen LogP contribution in [0.25, 0.3) is 5.82 Å². The zero-order valence-electron chi connectivity index (χ0n) is 16.6. The number of hydrogen-bond donors (Lipinski definition) is 3. The molecule has 0 bridgehead atoms. The zero-order valence-corrected chi connectivity index (χ0v) is 16.6. The number of aromatic nitrogens is 4. The fraction of sp³-hybridized carbons (Fsp3) is 0.263. The second-order valence-electron chi connectivity index (χ2n) is 6.51. The number of nitrogens with one attached hydrogen (secondary N) is 3. The van der Waals surface area contributed by atoms with Gasteiger partial charge in [0.25, 0.3) is 0 Å². The Hall–Kier alpha value is -3.63. The number of carbonyl (C=O) groups excluding carboxylic acids is 1. The summed E-state index contributed by atoms with van der Waals surface area (Å²) in [4.78, 5) is 11.8. The number of aryl methyl sites for hydroxylation is 1. The highest BCUT2D eigenvalue weighted by atomic mass is 19.2. The van der Waals surface area contributed by atoms with Gasteiger partial charge in [-0.1, -0.05) is 0 Å². The Bertz CT molecular complexity index is 1070. The molecule has 0 aliphatic carbocycles. The third kappa shape index (κ3) is 4.50. The van der Waals surface area contributed by atoms with E-state index < -0.39 is 29.2 Å². The monoisotopic (exact) mass is 419 g/mol. The standard InChI is InChI=1S/C19H20F3N7O/c1-10-11(2)28-29(12(10)3)16-7-6-15(26-27-16)23-8-9-24-19(30)25-14-5-4-13(20)17(21)18(14)22/h4-7H,8-9H2,1-3H3,(H,23,26)(H2,24,25,30). The van der Waals surface area contributed by atoms with Gasteiger partial charge in [0.15, 0.2) is 23.3 Å². The first-order valence-corrected chi connectivity index (χ1v) is 9.07. The first kappa shape index (κ1) is 21.1. The van der Waals surface area contributed by atoms with Crippen LogP contribution in [0.1, 0.15) is 17.0 Å². The van der Waals surface area contributed by atoms with E-state index in [-0.39, 0.29) is 6.54 Å². The van der Waals surface area contributed by atoms with Crippen molar-refractivity contribution in [3.63, 3.8) is 0 Å². The average molecular weight is 419 g/mol. The fourth-order valence-corrected chi connectivity index (χ4v) is 2.63. The van der Waals surface area contributed by atoms with Gasteiger partial charge < -0.3 is 16.0 Å². The van der Waals surface area contributed by atoms with E-state index in [2.05, 4.69) is 31.2 Å². The minimum absolute atomic E-state index is 0.164. The van der Waals surface area contributed by atoms with E-state index in [1.54, 1.807) is 16.8 Å². The minimum atomic E-state index is -1.65. The molecule has 0 atom stereocenters. The summed E-state index contributed by atoms with van der Waals surface area (Å²) >= 11 is 0. The van der Waals surface area contributed by atoms with Crippen molar-refractivity contribution in [3.05, 3.63) is 58.7 Å². The van der Waals surface area contributed by atoms with Crippen molar-refractivity contribution in [2.24, 2.45) is 0 Å². The van der Waals surface area contributed by atoms with Gasteiger partial charge in [-0.25, -0.2) is 22.6 Å². The number of anilines is 2. The lowest BCUT2D eigenvalue weighted by Crippen LogP contribution is -2.33. The Morgan fingerprint density at radius 3 is 2.40 bits per heavy atom. The predicted molar refractivity (Wildman–Crippen MR) is 105 cm³/mol. The molecule has 2 heterocycles. The second-order valence-corrected chi connectivity index (χ2v) is 6.51. The maximum Gasteiger partial charge on any atom is 0.319 e. The van der Waals surface area contributed by atoms with Gasteiger partial charge in [0.05, 0.1) is 11.4 Å². The Labute approximate surface area is 170 Å². The summed E-state index contributed by atoms with van der Waals surface area (Å²) in [5.74, 6) is -3.36. The van der Waals surface area contributed by atoms with Gasteiger partial charge in [0.2, 0.25) is 0 Å². The van der Waals surface area contributed by atoms with Crippen LogP contribution in [-0.4, -0.2) is 39.1 Å². The summed E-state index contributed by atoms with van der Waals surface area (Å²) in [6.07, 6.45) is 0. The summed E-state index contributed by atoms with van der Waals surface area (Å²) < 4.78 is 41.3. The molecule has 0 aliphatic rings. The molecule has 3 N–H and O–H groups in total. The van der Waals surface area contributed by atoms with Crippen LogP contribution in [0.4, 0.5) is 29.5 Å². The fourth-order valence-electron chi connectivity index (χ4n) is 2.63. The molecule has 11 heteroatoms. The van der Waals surface area contributed by atoms with E-state index >= 15 is 0 Å². The number of hydrogen-bond acceptors (Lipinski definition) is 5. The van der Waals surface area contributed by atoms with Crippen molar-refractivity contribution in [3.8, 4) is 5.82 Å². The molecule has 0 aliphatic heterocycles. The lowest BCUT2D eigenvalue weighted by Gasteiger charge is -2.10. The molecule has 0 spiro atoms. The van der Waals surface area contributed by atoms with Crippen molar-refractivity contribution in [2.45, 2.75) is 20.8 Å². The molecule has 30 heavy (non-hydrogen) atoms. The van der Waals surface area contributed by atoms with Crippen LogP contribution < -0.4 is 16.0 Å². The van der Waals surface area contributed by atoms with Crippen molar-refractivity contribution in [1.29, 1.82) is 0 Å². The van der Waals surface area contributed by atoms with Gasteiger partial charge in [0, 0.05) is 18.8 Å². The number of urea groups is 1. The van der Waals surface area contributed by atoms with Crippen molar-refractivity contribution in [2.75, 3.05) is 23.7 Å². The Morgan fingerprint density at radius 2 is 1.77 bits per heavy atom. The van der Waals surface area contributed by atoms with E-state index in [1.165, 1.54) is 0 Å². The molecule has 0 radical (unpaired) electrons. The molecule has 158 valence electrons. The van der Waals surface area contributed by atoms with Crippen molar-refractivity contribution < 1.29 is 18.0 Å². The summed E-state index contributed by atoms with van der Waals surface area (Å²) in [5, 5.41) is 20.2. The molecule has 3 aromatic rings. The molecule has 0 unspecified atom stereocenters. The largest absolute Gasteiger partial charge is 0.367 e. The molecular weight excluding hydrogens is 399 g/mol. The van der Waals surface area contributed by atoms with E-state index in [1.807, 2.05) is 20.8 Å². The number of nitrogens with zero attached hydrogens (tertiary/aromatic N) is 4. The zero-order chi connectivity index (χ0) is 21.8. The normalized spacial score (nSPS) is 10.7. The molecule has 2 aromatic heterocycles. The molecule has 0 fully saturated rings. The van der Waals surface area contributed by atoms with Gasteiger partial charge in [-0.15, -0.1) is 10.2 Å². The molecule has 3 rings (SSSR count). The second kappa shape index (κ2) is 8.80. The van der Waals surface area contributed by atoms with Gasteiger partial charge in [0.1, 0.15) is 5.82 Å². The minimum Gasteiger partial charge on any atom is -0.367 e. The summed E-state index contributed by atoms with van der Waals surface area (Å²) in [6, 6.07) is 4.40. The Morgan fingerprint density at radius 1 is 1.00 bits per heavy atom. The third-order valence-electron chi connectivity index (χ3n) is 4.52. The SMILES string of the molecule is Cc1nn(-c2ccc(NCCNC(=O)Nc3ccc(F)c(F)c3F)nn2)c(C)c1C. The number of halogens is 3. The maximum absolute atomic E-state index is 13.5. The van der Waals surface area contributed by atoms with E-state index in [0.717, 1.165) is 29.1 Å². The van der Waals surface area contributed by atoms with Gasteiger partial charge in [-0.3, -0.25) is 0 Å². The summed E-state index contributed by atoms with van der Waals surface area (Å²) in [5.41, 5.74) is 2.53. The van der Waals surface area contributed by atoms with Crippen LogP contribution in [0, 0.1) is 38.2 Å². The van der Waals surface area contributed by atoms with E-state index in [0.29, 0.717) is 18.2 Å². The average Bonchev–Trinajstić information content (AvgIpc) is 2.99. The van der Waals surface area contributed by atoms with Gasteiger partial charge in [-0.2, -0.15) is 5.10 Å². The molecule has 1 aromatic carbocycles. The first-order chi connectivity index (χ1) is 14.3. The molecule has 0 saturated heterocycles. The first-order valence-electron chi connectivity index (χ1n) is 9.07. The lowest BCUT2D eigenvalue weighted by molar-refractivity contribution is 0.252. The molecule has 2 amide bonds. The topological polar surface area (TPSA) is 96.8 Å². The van der Waals surface area contributed by atoms with Crippen LogP contribution in [0.3, 0.4) is 0 Å². The van der Waals surface area contributed by atoms with Crippen molar-refractivity contribution in [1.82, 2.24) is 25.3 Å². The number of benzene rings is 1. The molecule has 8 nitrogen and oxygen atoms in total. The van der Waals surface area contributed by atoms with Crippen LogP contribution in [0.5, 0.6) is 0 Å². The van der Waals surface area contributed by atoms with Gasteiger partial charge in [-0.05, 0) is 50.6 Å². The Balaban J connectivity index is 1.48. The van der Waals surface area contributed by atoms with Crippen LogP contribution >= 0.6 is 0 Å². The highest BCUT2D eigenvalue weighted by Crippen LogP contribution is 2.19. The third-order valence-corrected chi connectivity index (χ3v) is 4.52. The summed E-state index contributed by atoms with van der Waals surface area (Å²) in [6.45, 7) is 6.33. The van der Waals surface area contributed by atoms with Crippen LogP contribution in [0.2, 0.25) is 0 Å². The smallest absolute Gasteiger partial charge is 0.319 e. The van der Waals surface area contributed by atoms with Gasteiger partial charge >= 0.3 is 6.03 Å². The quantitative estimate of drug-likeness (QED) is 0.421. The molecular formula is C19H20F3N7O. The van der Waals surface area contributed by atoms with Crippen LogP contribution in [-0.2, 0) is 0 Å². The highest BCUT2D eigenvalue weighted by molar-refractivity contribution is 5.89. The maximum atomic E-state index is 13.5. The Kier molecular flexibility index (Phi) is 6.19. The van der Waals surface area contributed by atoms with E-state index in [9.17, 15) is 18.0 Å². The van der Waals surface area contributed by atoms with Crippen LogP contribution in [0.15, 0.2) is 24.3 Å². The number of carbonyl (C=O) groups is 1. The number of rotatable bonds is 6. The highest BCUT2D eigenvalue weighted by Gasteiger charge is 2.15. The molecule has 0 saturated carbocycles. The van der Waals surface area contributed by atoms with Crippen molar-refractivity contribution >= 4 is 17.5 Å². The summed E-state index contributed by atoms with van der Waals surface area (Å²) in [7, 11) is 0.